The Bertz CT molecular complexity index is 573. The Balaban J connectivity index is 1.99. The Labute approximate surface area is 120 Å². The summed E-state index contributed by atoms with van der Waals surface area (Å²) in [5.41, 5.74) is 3.46. The van der Waals surface area contributed by atoms with Gasteiger partial charge in [-0.1, -0.05) is 30.3 Å². The predicted octanol–water partition coefficient (Wildman–Crippen LogP) is 2.03. The molecule has 0 spiro atoms. The molecule has 0 radical (unpaired) electrons. The van der Waals surface area contributed by atoms with E-state index in [9.17, 15) is 5.11 Å². The van der Waals surface area contributed by atoms with Crippen LogP contribution in [0.1, 0.15) is 29.4 Å². The van der Waals surface area contributed by atoms with E-state index in [1.54, 1.807) is 0 Å². The minimum atomic E-state index is -0.870. The molecule has 0 fully saturated rings. The predicted molar refractivity (Wildman–Crippen MR) is 80.4 cm³/mol. The zero-order valence-electron chi connectivity index (χ0n) is 12.6. The molecule has 2 rings (SSSR count). The van der Waals surface area contributed by atoms with Crippen molar-refractivity contribution in [2.75, 3.05) is 6.54 Å². The lowest BCUT2D eigenvalue weighted by Crippen LogP contribution is -2.35. The molecule has 0 aliphatic heterocycles. The lowest BCUT2D eigenvalue weighted by Gasteiger charge is -2.24. The van der Waals surface area contributed by atoms with Crippen LogP contribution in [0.2, 0.25) is 0 Å². The number of rotatable bonds is 5. The summed E-state index contributed by atoms with van der Waals surface area (Å²) < 4.78 is 1.89. The minimum absolute atomic E-state index is 0.505. The van der Waals surface area contributed by atoms with Gasteiger partial charge in [0.25, 0.3) is 0 Å². The molecule has 0 aliphatic carbocycles. The first kappa shape index (κ1) is 14.8. The third-order valence-electron chi connectivity index (χ3n) is 3.83. The molecule has 0 saturated carbocycles. The van der Waals surface area contributed by atoms with Gasteiger partial charge in [-0.25, -0.2) is 0 Å². The molecule has 0 bridgehead atoms. The van der Waals surface area contributed by atoms with Crippen molar-refractivity contribution in [3.63, 3.8) is 0 Å². The Morgan fingerprint density at radius 2 is 1.90 bits per heavy atom. The summed E-state index contributed by atoms with van der Waals surface area (Å²) in [5.74, 6) is 0. The van der Waals surface area contributed by atoms with Gasteiger partial charge in [0.05, 0.1) is 11.3 Å². The van der Waals surface area contributed by atoms with E-state index in [2.05, 4.69) is 17.3 Å². The Morgan fingerprint density at radius 1 is 1.25 bits per heavy atom. The highest BCUT2D eigenvalue weighted by Gasteiger charge is 2.22. The number of nitrogens with one attached hydrogen (secondary N) is 1. The molecule has 1 aromatic heterocycles. The van der Waals surface area contributed by atoms with Gasteiger partial charge in [0.1, 0.15) is 0 Å². The van der Waals surface area contributed by atoms with E-state index in [0.29, 0.717) is 13.1 Å². The van der Waals surface area contributed by atoms with Crippen LogP contribution in [0.5, 0.6) is 0 Å². The van der Waals surface area contributed by atoms with Crippen molar-refractivity contribution in [1.82, 2.24) is 15.1 Å². The molecule has 0 saturated heterocycles. The lowest BCUT2D eigenvalue weighted by atomic mass is 9.96. The molecule has 2 N–H and O–H groups in total. The molecule has 0 amide bonds. The molecular formula is C16H23N3O. The summed E-state index contributed by atoms with van der Waals surface area (Å²) >= 11 is 0. The number of benzene rings is 1. The van der Waals surface area contributed by atoms with E-state index < -0.39 is 5.60 Å². The SMILES string of the molecule is Cc1nn(C)c(C)c1CNCC(C)(O)c1ccccc1. The quantitative estimate of drug-likeness (QED) is 0.876. The second-order valence-corrected chi connectivity index (χ2v) is 5.52. The van der Waals surface area contributed by atoms with Crippen LogP contribution < -0.4 is 5.32 Å². The highest BCUT2D eigenvalue weighted by atomic mass is 16.3. The lowest BCUT2D eigenvalue weighted by molar-refractivity contribution is 0.0566. The number of nitrogens with zero attached hydrogens (tertiary/aromatic N) is 2. The highest BCUT2D eigenvalue weighted by molar-refractivity contribution is 5.25. The molecule has 4 nitrogen and oxygen atoms in total. The molecule has 4 heteroatoms. The van der Waals surface area contributed by atoms with E-state index in [1.165, 1.54) is 5.56 Å². The van der Waals surface area contributed by atoms with E-state index in [-0.39, 0.29) is 0 Å². The van der Waals surface area contributed by atoms with Gasteiger partial charge in [0.2, 0.25) is 0 Å². The van der Waals surface area contributed by atoms with Crippen molar-refractivity contribution >= 4 is 0 Å². The van der Waals surface area contributed by atoms with Crippen LogP contribution in [-0.2, 0) is 19.2 Å². The number of hydrogen-bond donors (Lipinski definition) is 2. The summed E-state index contributed by atoms with van der Waals surface area (Å²) in [6.07, 6.45) is 0. The van der Waals surface area contributed by atoms with Crippen LogP contribution in [0.25, 0.3) is 0 Å². The van der Waals surface area contributed by atoms with Gasteiger partial charge in [-0.2, -0.15) is 5.10 Å². The van der Waals surface area contributed by atoms with Crippen LogP contribution in [0.3, 0.4) is 0 Å². The standard InChI is InChI=1S/C16H23N3O/c1-12-15(13(2)19(4)18-12)10-17-11-16(3,20)14-8-6-5-7-9-14/h5-9,17,20H,10-11H2,1-4H3. The van der Waals surface area contributed by atoms with Crippen LogP contribution >= 0.6 is 0 Å². The second kappa shape index (κ2) is 5.77. The van der Waals surface area contributed by atoms with Crippen molar-refractivity contribution in [2.45, 2.75) is 32.9 Å². The number of hydrogen-bond acceptors (Lipinski definition) is 3. The summed E-state index contributed by atoms with van der Waals surface area (Å²) in [6.45, 7) is 7.13. The van der Waals surface area contributed by atoms with E-state index in [4.69, 9.17) is 0 Å². The van der Waals surface area contributed by atoms with Crippen molar-refractivity contribution in [1.29, 1.82) is 0 Å². The monoisotopic (exact) mass is 273 g/mol. The molecular weight excluding hydrogens is 250 g/mol. The van der Waals surface area contributed by atoms with Crippen molar-refractivity contribution in [3.05, 3.63) is 52.8 Å². The van der Waals surface area contributed by atoms with E-state index in [1.807, 2.05) is 55.9 Å². The fourth-order valence-corrected chi connectivity index (χ4v) is 2.40. The summed E-state index contributed by atoms with van der Waals surface area (Å²) in [6, 6.07) is 9.73. The minimum Gasteiger partial charge on any atom is -0.384 e. The van der Waals surface area contributed by atoms with E-state index >= 15 is 0 Å². The molecule has 20 heavy (non-hydrogen) atoms. The first-order chi connectivity index (χ1) is 9.42. The van der Waals surface area contributed by atoms with Crippen LogP contribution in [0.4, 0.5) is 0 Å². The maximum atomic E-state index is 10.5. The van der Waals surface area contributed by atoms with Gasteiger partial charge >= 0.3 is 0 Å². The largest absolute Gasteiger partial charge is 0.384 e. The molecule has 1 heterocycles. The van der Waals surface area contributed by atoms with Gasteiger partial charge < -0.3 is 10.4 Å². The Kier molecular flexibility index (Phi) is 4.26. The molecule has 1 atom stereocenters. The Hall–Kier alpha value is -1.65. The average molecular weight is 273 g/mol. The highest BCUT2D eigenvalue weighted by Crippen LogP contribution is 2.19. The third-order valence-corrected chi connectivity index (χ3v) is 3.83. The van der Waals surface area contributed by atoms with Gasteiger partial charge in [-0.3, -0.25) is 4.68 Å². The topological polar surface area (TPSA) is 50.1 Å². The van der Waals surface area contributed by atoms with Crippen molar-refractivity contribution in [2.24, 2.45) is 7.05 Å². The van der Waals surface area contributed by atoms with Gasteiger partial charge in [-0.05, 0) is 26.3 Å². The van der Waals surface area contributed by atoms with Gasteiger partial charge in [0, 0.05) is 31.4 Å². The normalized spacial score (nSPS) is 14.2. The Morgan fingerprint density at radius 3 is 2.45 bits per heavy atom. The third kappa shape index (κ3) is 3.08. The van der Waals surface area contributed by atoms with Crippen molar-refractivity contribution in [3.8, 4) is 0 Å². The second-order valence-electron chi connectivity index (χ2n) is 5.52. The zero-order valence-corrected chi connectivity index (χ0v) is 12.6. The van der Waals surface area contributed by atoms with Crippen LogP contribution in [-0.4, -0.2) is 21.4 Å². The first-order valence-electron chi connectivity index (χ1n) is 6.89. The molecule has 2 aromatic rings. The maximum absolute atomic E-state index is 10.5. The molecule has 0 aliphatic rings. The molecule has 1 unspecified atom stereocenters. The summed E-state index contributed by atoms with van der Waals surface area (Å²) in [7, 11) is 1.95. The number of aromatic nitrogens is 2. The molecule has 1 aromatic carbocycles. The number of aliphatic hydroxyl groups is 1. The van der Waals surface area contributed by atoms with Crippen LogP contribution in [0, 0.1) is 13.8 Å². The zero-order chi connectivity index (χ0) is 14.8. The molecule has 108 valence electrons. The van der Waals surface area contributed by atoms with Gasteiger partial charge in [-0.15, -0.1) is 0 Å². The van der Waals surface area contributed by atoms with Crippen LogP contribution in [0.15, 0.2) is 30.3 Å². The smallest absolute Gasteiger partial charge is 0.0992 e. The average Bonchev–Trinajstić information content (AvgIpc) is 2.66. The van der Waals surface area contributed by atoms with Crippen molar-refractivity contribution < 1.29 is 5.11 Å². The van der Waals surface area contributed by atoms with E-state index in [0.717, 1.165) is 17.0 Å². The first-order valence-corrected chi connectivity index (χ1v) is 6.89. The fourth-order valence-electron chi connectivity index (χ4n) is 2.40. The number of aryl methyl sites for hydroxylation is 2. The maximum Gasteiger partial charge on any atom is 0.0992 e. The summed E-state index contributed by atoms with van der Waals surface area (Å²) in [4.78, 5) is 0. The van der Waals surface area contributed by atoms with Gasteiger partial charge in [0.15, 0.2) is 0 Å². The fraction of sp³-hybridized carbons (Fsp3) is 0.438. The summed E-state index contributed by atoms with van der Waals surface area (Å²) in [5, 5.41) is 18.3.